The van der Waals surface area contributed by atoms with Crippen LogP contribution in [-0.2, 0) is 22.7 Å². The van der Waals surface area contributed by atoms with Crippen molar-refractivity contribution < 1.29 is 21.6 Å². The number of benzene rings is 2. The highest BCUT2D eigenvalue weighted by Crippen LogP contribution is 2.29. The second kappa shape index (κ2) is 7.12. The van der Waals surface area contributed by atoms with Gasteiger partial charge in [0.05, 0.1) is 16.0 Å². The summed E-state index contributed by atoms with van der Waals surface area (Å²) in [6.45, 7) is -0.0201. The van der Waals surface area contributed by atoms with Crippen LogP contribution in [0.25, 0.3) is 10.9 Å². The minimum atomic E-state index is -4.51. The lowest BCUT2D eigenvalue weighted by Crippen LogP contribution is -2.23. The predicted octanol–water partition coefficient (Wildman–Crippen LogP) is 4.34. The third kappa shape index (κ3) is 3.99. The van der Waals surface area contributed by atoms with Gasteiger partial charge >= 0.3 is 6.18 Å². The van der Waals surface area contributed by atoms with Crippen LogP contribution in [0.4, 0.5) is 13.2 Å². The van der Waals surface area contributed by atoms with Gasteiger partial charge in [-0.1, -0.05) is 12.1 Å². The molecule has 0 saturated heterocycles. The zero-order chi connectivity index (χ0) is 18.9. The van der Waals surface area contributed by atoms with Crippen LogP contribution in [0.5, 0.6) is 0 Å². The smallest absolute Gasteiger partial charge is 0.256 e. The minimum Gasteiger partial charge on any atom is -0.256 e. The van der Waals surface area contributed by atoms with Crippen LogP contribution in [0.3, 0.4) is 0 Å². The number of pyridine rings is 1. The molecule has 4 nitrogen and oxygen atoms in total. The van der Waals surface area contributed by atoms with E-state index in [1.165, 1.54) is 0 Å². The monoisotopic (exact) mass is 492 g/mol. The van der Waals surface area contributed by atoms with Gasteiger partial charge < -0.3 is 0 Å². The Balaban J connectivity index is 1.84. The van der Waals surface area contributed by atoms with Crippen molar-refractivity contribution >= 4 is 43.5 Å². The van der Waals surface area contributed by atoms with Gasteiger partial charge in [-0.2, -0.15) is 13.2 Å². The Morgan fingerprint density at radius 3 is 2.38 bits per heavy atom. The lowest BCUT2D eigenvalue weighted by Gasteiger charge is -2.11. The van der Waals surface area contributed by atoms with Crippen molar-refractivity contribution in [2.24, 2.45) is 0 Å². The molecule has 2 aromatic carbocycles. The van der Waals surface area contributed by atoms with E-state index in [9.17, 15) is 21.6 Å². The Kier molecular flexibility index (Phi) is 5.22. The van der Waals surface area contributed by atoms with Crippen molar-refractivity contribution in [2.75, 3.05) is 0 Å². The van der Waals surface area contributed by atoms with Gasteiger partial charge in [-0.15, -0.1) is 0 Å². The molecule has 0 bridgehead atoms. The Morgan fingerprint density at radius 2 is 1.73 bits per heavy atom. The molecular weight excluding hydrogens is 480 g/mol. The standard InChI is InChI=1S/C17H12F3IN2O2S/c18-17(19,20)12-4-6-13(7-5-12)26(24,25)23-10-11-3-8-15(21)14-2-1-9-22-16(11)14/h1-9,23H,10H2. The summed E-state index contributed by atoms with van der Waals surface area (Å²) in [6.07, 6.45) is -2.90. The normalized spacial score (nSPS) is 12.5. The van der Waals surface area contributed by atoms with Crippen LogP contribution in [0.15, 0.2) is 59.6 Å². The first-order valence-corrected chi connectivity index (χ1v) is 9.94. The first-order valence-electron chi connectivity index (χ1n) is 7.37. The maximum absolute atomic E-state index is 12.6. The largest absolute Gasteiger partial charge is 0.416 e. The summed E-state index contributed by atoms with van der Waals surface area (Å²) >= 11 is 2.17. The molecule has 0 aliphatic rings. The van der Waals surface area contributed by atoms with Gasteiger partial charge in [-0.25, -0.2) is 13.1 Å². The molecule has 0 fully saturated rings. The van der Waals surface area contributed by atoms with Gasteiger partial charge in [0.25, 0.3) is 0 Å². The molecule has 9 heteroatoms. The van der Waals surface area contributed by atoms with Gasteiger partial charge in [0, 0.05) is 21.7 Å². The molecule has 0 spiro atoms. The number of aromatic nitrogens is 1. The van der Waals surface area contributed by atoms with E-state index in [4.69, 9.17) is 0 Å². The number of alkyl halides is 3. The van der Waals surface area contributed by atoms with Crippen molar-refractivity contribution in [3.8, 4) is 0 Å². The average molecular weight is 492 g/mol. The molecule has 1 N–H and O–H groups in total. The number of fused-ring (bicyclic) bond motifs is 1. The molecule has 3 aromatic rings. The average Bonchev–Trinajstić information content (AvgIpc) is 2.61. The van der Waals surface area contributed by atoms with Gasteiger partial charge in [0.2, 0.25) is 10.0 Å². The molecule has 0 aliphatic carbocycles. The fraction of sp³-hybridized carbons (Fsp3) is 0.118. The fourth-order valence-corrected chi connectivity index (χ4v) is 4.04. The van der Waals surface area contributed by atoms with Crippen molar-refractivity contribution in [3.05, 3.63) is 69.4 Å². The van der Waals surface area contributed by atoms with E-state index in [2.05, 4.69) is 32.3 Å². The van der Waals surface area contributed by atoms with Crippen LogP contribution < -0.4 is 4.72 Å². The lowest BCUT2D eigenvalue weighted by atomic mass is 10.1. The Bertz CT molecular complexity index is 1050. The van der Waals surface area contributed by atoms with E-state index < -0.39 is 21.8 Å². The summed E-state index contributed by atoms with van der Waals surface area (Å²) in [5.41, 5.74) is 0.454. The SMILES string of the molecule is O=S(=O)(NCc1ccc(I)c2cccnc12)c1ccc(C(F)(F)F)cc1. The Labute approximate surface area is 161 Å². The molecule has 1 aromatic heterocycles. The first-order chi connectivity index (χ1) is 12.2. The lowest BCUT2D eigenvalue weighted by molar-refractivity contribution is -0.137. The fourth-order valence-electron chi connectivity index (χ4n) is 2.42. The van der Waals surface area contributed by atoms with Gasteiger partial charge in [0.1, 0.15) is 0 Å². The zero-order valence-electron chi connectivity index (χ0n) is 13.1. The number of sulfonamides is 1. The van der Waals surface area contributed by atoms with Gasteiger partial charge in [-0.05, 0) is 64.6 Å². The van der Waals surface area contributed by atoms with Crippen LogP contribution >= 0.6 is 22.6 Å². The van der Waals surface area contributed by atoms with Crippen LogP contribution in [0, 0.1) is 3.57 Å². The zero-order valence-corrected chi connectivity index (χ0v) is 16.1. The summed E-state index contributed by atoms with van der Waals surface area (Å²) in [5.74, 6) is 0. The second-order valence-corrected chi connectivity index (χ2v) is 8.38. The highest BCUT2D eigenvalue weighted by molar-refractivity contribution is 14.1. The van der Waals surface area contributed by atoms with Crippen molar-refractivity contribution in [3.63, 3.8) is 0 Å². The first kappa shape index (κ1) is 19.1. The molecule has 26 heavy (non-hydrogen) atoms. The van der Waals surface area contributed by atoms with Crippen LogP contribution in [-0.4, -0.2) is 13.4 Å². The third-order valence-electron chi connectivity index (χ3n) is 3.74. The molecule has 0 amide bonds. The van der Waals surface area contributed by atoms with E-state index in [-0.39, 0.29) is 11.4 Å². The molecular formula is C17H12F3IN2O2S. The Hall–Kier alpha value is -1.72. The molecule has 0 atom stereocenters. The molecule has 0 radical (unpaired) electrons. The maximum atomic E-state index is 12.6. The molecule has 3 rings (SSSR count). The number of halogens is 4. The molecule has 136 valence electrons. The molecule has 0 saturated carbocycles. The summed E-state index contributed by atoms with van der Waals surface area (Å²) in [6, 6.07) is 10.7. The summed E-state index contributed by atoms with van der Waals surface area (Å²) in [4.78, 5) is 4.06. The van der Waals surface area contributed by atoms with Crippen molar-refractivity contribution in [1.29, 1.82) is 0 Å². The number of hydrogen-bond donors (Lipinski definition) is 1. The third-order valence-corrected chi connectivity index (χ3v) is 6.10. The van der Waals surface area contributed by atoms with Gasteiger partial charge in [0.15, 0.2) is 0 Å². The van der Waals surface area contributed by atoms with E-state index in [0.29, 0.717) is 11.1 Å². The quantitative estimate of drug-likeness (QED) is 0.552. The predicted molar refractivity (Wildman–Crippen MR) is 99.9 cm³/mol. The summed E-state index contributed by atoms with van der Waals surface area (Å²) < 4.78 is 65.9. The molecule has 0 unspecified atom stereocenters. The minimum absolute atomic E-state index is 0.0201. The molecule has 1 heterocycles. The van der Waals surface area contributed by atoms with E-state index in [1.54, 1.807) is 18.3 Å². The van der Waals surface area contributed by atoms with E-state index in [0.717, 1.165) is 33.2 Å². The van der Waals surface area contributed by atoms with Gasteiger partial charge in [-0.3, -0.25) is 4.98 Å². The van der Waals surface area contributed by atoms with E-state index >= 15 is 0 Å². The summed E-state index contributed by atoms with van der Waals surface area (Å²) in [5, 5.41) is 0.902. The number of nitrogens with zero attached hydrogens (tertiary/aromatic N) is 1. The number of rotatable bonds is 4. The number of hydrogen-bond acceptors (Lipinski definition) is 3. The maximum Gasteiger partial charge on any atom is 0.416 e. The second-order valence-electron chi connectivity index (χ2n) is 5.45. The number of nitrogens with one attached hydrogen (secondary N) is 1. The van der Waals surface area contributed by atoms with Crippen LogP contribution in [0.1, 0.15) is 11.1 Å². The van der Waals surface area contributed by atoms with E-state index in [1.807, 2.05) is 12.1 Å². The topological polar surface area (TPSA) is 59.1 Å². The molecule has 0 aliphatic heterocycles. The highest BCUT2D eigenvalue weighted by atomic mass is 127. The Morgan fingerprint density at radius 1 is 1.04 bits per heavy atom. The summed E-state index contributed by atoms with van der Waals surface area (Å²) in [7, 11) is -3.95. The van der Waals surface area contributed by atoms with Crippen molar-refractivity contribution in [2.45, 2.75) is 17.6 Å². The van der Waals surface area contributed by atoms with Crippen molar-refractivity contribution in [1.82, 2.24) is 9.71 Å². The highest BCUT2D eigenvalue weighted by Gasteiger charge is 2.30. The van der Waals surface area contributed by atoms with Crippen LogP contribution in [0.2, 0.25) is 0 Å².